The third-order valence-electron chi connectivity index (χ3n) is 4.26. The van der Waals surface area contributed by atoms with E-state index >= 15 is 0 Å². The summed E-state index contributed by atoms with van der Waals surface area (Å²) >= 11 is 0. The molecule has 3 rings (SSSR count). The topological polar surface area (TPSA) is 115 Å². The third-order valence-corrected chi connectivity index (χ3v) is 5.17. The molecule has 1 fully saturated rings. The Morgan fingerprint density at radius 3 is 2.81 bits per heavy atom. The summed E-state index contributed by atoms with van der Waals surface area (Å²) in [6.07, 6.45) is 3.68. The molecule has 8 nitrogen and oxygen atoms in total. The Balaban J connectivity index is 1.64. The minimum absolute atomic E-state index is 0.0490. The largest absolute Gasteiger partial charge is 0.468 e. The van der Waals surface area contributed by atoms with Crippen molar-refractivity contribution in [2.24, 2.45) is 5.14 Å². The van der Waals surface area contributed by atoms with Crippen LogP contribution in [0.1, 0.15) is 18.6 Å². The number of rotatable bonds is 8. The van der Waals surface area contributed by atoms with Gasteiger partial charge in [0.1, 0.15) is 5.76 Å². The van der Waals surface area contributed by atoms with Gasteiger partial charge in [-0.1, -0.05) is 6.07 Å². The molecule has 0 bridgehead atoms. The van der Waals surface area contributed by atoms with Crippen LogP contribution >= 0.6 is 0 Å². The summed E-state index contributed by atoms with van der Waals surface area (Å²) in [6, 6.07) is 9.52. The van der Waals surface area contributed by atoms with Crippen molar-refractivity contribution in [1.29, 1.82) is 0 Å². The molecule has 1 aromatic heterocycles. The number of hydrogen-bond acceptors (Lipinski definition) is 6. The van der Waals surface area contributed by atoms with Gasteiger partial charge in [0.25, 0.3) is 0 Å². The van der Waals surface area contributed by atoms with E-state index in [1.165, 1.54) is 18.2 Å². The van der Waals surface area contributed by atoms with E-state index in [1.807, 2.05) is 11.0 Å². The highest BCUT2D eigenvalue weighted by Crippen LogP contribution is 2.17. The fourth-order valence-corrected chi connectivity index (χ4v) is 3.60. The van der Waals surface area contributed by atoms with Gasteiger partial charge < -0.3 is 14.5 Å². The van der Waals surface area contributed by atoms with Gasteiger partial charge in [-0.25, -0.2) is 13.6 Å². The smallest absolute Gasteiger partial charge is 0.238 e. The van der Waals surface area contributed by atoms with Gasteiger partial charge in [0, 0.05) is 18.8 Å². The second-order valence-corrected chi connectivity index (χ2v) is 8.07. The number of carbonyl (C=O) groups is 1. The molecule has 1 aliphatic rings. The van der Waals surface area contributed by atoms with E-state index < -0.39 is 10.0 Å². The van der Waals surface area contributed by atoms with E-state index in [9.17, 15) is 13.2 Å². The van der Waals surface area contributed by atoms with Crippen LogP contribution in [0.3, 0.4) is 0 Å². The van der Waals surface area contributed by atoms with Crippen molar-refractivity contribution in [3.8, 4) is 0 Å². The quantitative estimate of drug-likeness (QED) is 0.703. The second kappa shape index (κ2) is 8.66. The predicted octanol–water partition coefficient (Wildman–Crippen LogP) is 1.55. The Morgan fingerprint density at radius 1 is 1.30 bits per heavy atom. The van der Waals surface area contributed by atoms with Gasteiger partial charge in [-0.15, -0.1) is 0 Å². The zero-order chi connectivity index (χ0) is 19.3. The number of nitrogens with two attached hydrogens (primary N) is 1. The zero-order valence-corrected chi connectivity index (χ0v) is 15.7. The molecule has 27 heavy (non-hydrogen) atoms. The standard InChI is InChI=1S/C18H23N3O5S/c19-27(23,24)17-7-1-4-14(10-17)20-18(22)13-21(11-15-5-2-8-25-15)12-16-6-3-9-26-16/h1-2,4-5,7-8,10,16H,3,6,9,11-13H2,(H,20,22)(H2,19,23,24). The van der Waals surface area contributed by atoms with Gasteiger partial charge in [0.2, 0.25) is 15.9 Å². The van der Waals surface area contributed by atoms with Crippen molar-refractivity contribution in [3.63, 3.8) is 0 Å². The summed E-state index contributed by atoms with van der Waals surface area (Å²) in [5.74, 6) is 0.503. The van der Waals surface area contributed by atoms with Crippen molar-refractivity contribution in [2.75, 3.05) is 25.0 Å². The second-order valence-electron chi connectivity index (χ2n) is 6.51. The first-order valence-corrected chi connectivity index (χ1v) is 10.2. The molecule has 0 aliphatic carbocycles. The molecule has 1 saturated heterocycles. The van der Waals surface area contributed by atoms with E-state index in [-0.39, 0.29) is 23.5 Å². The third kappa shape index (κ3) is 5.90. The fourth-order valence-electron chi connectivity index (χ4n) is 3.04. The molecule has 1 unspecified atom stereocenters. The number of primary sulfonamides is 1. The van der Waals surface area contributed by atoms with Crippen molar-refractivity contribution in [3.05, 3.63) is 48.4 Å². The number of amides is 1. The maximum absolute atomic E-state index is 12.5. The lowest BCUT2D eigenvalue weighted by Gasteiger charge is -2.23. The maximum atomic E-state index is 12.5. The van der Waals surface area contributed by atoms with Crippen molar-refractivity contribution in [2.45, 2.75) is 30.4 Å². The SMILES string of the molecule is NS(=O)(=O)c1cccc(NC(=O)CN(Cc2ccco2)CC2CCCO2)c1. The highest BCUT2D eigenvalue weighted by Gasteiger charge is 2.22. The maximum Gasteiger partial charge on any atom is 0.238 e. The van der Waals surface area contributed by atoms with E-state index in [2.05, 4.69) is 5.32 Å². The lowest BCUT2D eigenvalue weighted by molar-refractivity contribution is -0.117. The van der Waals surface area contributed by atoms with E-state index in [0.717, 1.165) is 25.2 Å². The summed E-state index contributed by atoms with van der Waals surface area (Å²) in [4.78, 5) is 14.4. The molecule has 0 spiro atoms. The molecular weight excluding hydrogens is 370 g/mol. The van der Waals surface area contributed by atoms with Crippen LogP contribution in [0.5, 0.6) is 0 Å². The summed E-state index contributed by atoms with van der Waals surface area (Å²) in [7, 11) is -3.82. The normalized spacial score (nSPS) is 17.3. The van der Waals surface area contributed by atoms with Gasteiger partial charge in [0.15, 0.2) is 0 Å². The van der Waals surface area contributed by atoms with Crippen molar-refractivity contribution < 1.29 is 22.4 Å². The average Bonchev–Trinajstić information content (AvgIpc) is 3.28. The molecule has 2 heterocycles. The number of anilines is 1. The Labute approximate surface area is 158 Å². The molecule has 146 valence electrons. The van der Waals surface area contributed by atoms with Gasteiger partial charge in [-0.05, 0) is 43.2 Å². The Kier molecular flexibility index (Phi) is 6.27. The van der Waals surface area contributed by atoms with Crippen LogP contribution in [-0.2, 0) is 26.1 Å². The predicted molar refractivity (Wildman–Crippen MR) is 99.4 cm³/mol. The molecule has 2 aromatic rings. The summed E-state index contributed by atoms with van der Waals surface area (Å²) in [5, 5.41) is 7.85. The minimum atomic E-state index is -3.82. The molecule has 9 heteroatoms. The van der Waals surface area contributed by atoms with Crippen LogP contribution in [0.4, 0.5) is 5.69 Å². The Bertz CT molecular complexity index is 861. The molecule has 1 atom stereocenters. The monoisotopic (exact) mass is 393 g/mol. The van der Waals surface area contributed by atoms with Crippen LogP contribution in [-0.4, -0.2) is 45.0 Å². The molecule has 1 aliphatic heterocycles. The number of nitrogens with one attached hydrogen (secondary N) is 1. The van der Waals surface area contributed by atoms with Crippen LogP contribution in [0, 0.1) is 0 Å². The molecule has 1 amide bonds. The highest BCUT2D eigenvalue weighted by atomic mass is 32.2. The van der Waals surface area contributed by atoms with Crippen LogP contribution in [0.2, 0.25) is 0 Å². The van der Waals surface area contributed by atoms with E-state index in [1.54, 1.807) is 18.4 Å². The molecule has 0 saturated carbocycles. The van der Waals surface area contributed by atoms with Gasteiger partial charge >= 0.3 is 0 Å². The van der Waals surface area contributed by atoms with Gasteiger partial charge in [-0.2, -0.15) is 0 Å². The number of hydrogen-bond donors (Lipinski definition) is 2. The highest BCUT2D eigenvalue weighted by molar-refractivity contribution is 7.89. The van der Waals surface area contributed by atoms with Crippen molar-refractivity contribution in [1.82, 2.24) is 4.90 Å². The average molecular weight is 393 g/mol. The summed E-state index contributed by atoms with van der Waals surface area (Å²) in [5.41, 5.74) is 0.376. The van der Waals surface area contributed by atoms with Gasteiger partial charge in [-0.3, -0.25) is 9.69 Å². The molecular formula is C18H23N3O5S. The zero-order valence-electron chi connectivity index (χ0n) is 14.8. The van der Waals surface area contributed by atoms with Gasteiger partial charge in [0.05, 0.1) is 30.4 Å². The number of furan rings is 1. The summed E-state index contributed by atoms with van der Waals surface area (Å²) < 4.78 is 34.0. The van der Waals surface area contributed by atoms with Crippen LogP contribution in [0.15, 0.2) is 52.0 Å². The minimum Gasteiger partial charge on any atom is -0.468 e. The fraction of sp³-hybridized carbons (Fsp3) is 0.389. The Morgan fingerprint density at radius 2 is 2.15 bits per heavy atom. The first-order valence-electron chi connectivity index (χ1n) is 8.69. The first kappa shape index (κ1) is 19.6. The number of nitrogens with zero attached hydrogens (tertiary/aromatic N) is 1. The van der Waals surface area contributed by atoms with Crippen LogP contribution in [0.25, 0.3) is 0 Å². The van der Waals surface area contributed by atoms with Crippen LogP contribution < -0.4 is 10.5 Å². The lowest BCUT2D eigenvalue weighted by atomic mass is 10.2. The number of ether oxygens (including phenoxy) is 1. The summed E-state index contributed by atoms with van der Waals surface area (Å²) in [6.45, 7) is 1.97. The van der Waals surface area contributed by atoms with E-state index in [4.69, 9.17) is 14.3 Å². The first-order chi connectivity index (χ1) is 12.9. The van der Waals surface area contributed by atoms with E-state index in [0.29, 0.717) is 18.8 Å². The molecule has 1 aromatic carbocycles. The van der Waals surface area contributed by atoms with Crippen molar-refractivity contribution >= 4 is 21.6 Å². The number of benzene rings is 1. The number of sulfonamides is 1. The molecule has 3 N–H and O–H groups in total. The lowest BCUT2D eigenvalue weighted by Crippen LogP contribution is -2.37. The Hall–Kier alpha value is -2.20. The number of carbonyl (C=O) groups excluding carboxylic acids is 1. The molecule has 0 radical (unpaired) electrons.